The van der Waals surface area contributed by atoms with Crippen molar-refractivity contribution in [3.8, 4) is 0 Å². The first kappa shape index (κ1) is 18.5. The first-order valence-corrected chi connectivity index (χ1v) is 11.2. The summed E-state index contributed by atoms with van der Waals surface area (Å²) in [6.45, 7) is 8.47. The SMILES string of the molecule is CCCO[Si](CCCCl)(OCCC)C1CCCCC1C. The predicted molar refractivity (Wildman–Crippen MR) is 89.8 cm³/mol. The monoisotopic (exact) mass is 320 g/mol. The summed E-state index contributed by atoms with van der Waals surface area (Å²) < 4.78 is 12.9. The topological polar surface area (TPSA) is 18.5 Å². The average molecular weight is 321 g/mol. The highest BCUT2D eigenvalue weighted by Crippen LogP contribution is 2.44. The summed E-state index contributed by atoms with van der Waals surface area (Å²) >= 11 is 5.96. The van der Waals surface area contributed by atoms with E-state index in [1.54, 1.807) is 0 Å². The third kappa shape index (κ3) is 5.32. The zero-order chi connectivity index (χ0) is 14.8. The second kappa shape index (κ2) is 10.2. The Labute approximate surface area is 131 Å². The van der Waals surface area contributed by atoms with E-state index in [9.17, 15) is 0 Å². The van der Waals surface area contributed by atoms with Crippen LogP contribution in [0.15, 0.2) is 0 Å². The molecule has 0 bridgehead atoms. The van der Waals surface area contributed by atoms with Crippen LogP contribution in [0.25, 0.3) is 0 Å². The molecule has 0 aromatic carbocycles. The Bertz CT molecular complexity index is 229. The van der Waals surface area contributed by atoms with Crippen molar-refractivity contribution in [3.63, 3.8) is 0 Å². The highest BCUT2D eigenvalue weighted by atomic mass is 35.5. The molecule has 0 N–H and O–H groups in total. The van der Waals surface area contributed by atoms with Crippen LogP contribution in [0.1, 0.15) is 65.7 Å². The molecule has 1 rings (SSSR count). The zero-order valence-corrected chi connectivity index (χ0v) is 15.4. The van der Waals surface area contributed by atoms with Crippen LogP contribution in [-0.2, 0) is 8.85 Å². The van der Waals surface area contributed by atoms with Crippen molar-refractivity contribution in [1.29, 1.82) is 0 Å². The summed E-state index contributed by atoms with van der Waals surface area (Å²) in [5.74, 6) is 1.47. The van der Waals surface area contributed by atoms with Gasteiger partial charge in [-0.15, -0.1) is 11.6 Å². The van der Waals surface area contributed by atoms with Crippen LogP contribution in [0.5, 0.6) is 0 Å². The Morgan fingerprint density at radius 1 is 1.05 bits per heavy atom. The Morgan fingerprint density at radius 3 is 2.15 bits per heavy atom. The van der Waals surface area contributed by atoms with Gasteiger partial charge in [-0.25, -0.2) is 0 Å². The molecule has 0 amide bonds. The zero-order valence-electron chi connectivity index (χ0n) is 13.6. The lowest BCUT2D eigenvalue weighted by Crippen LogP contribution is -2.50. The Kier molecular flexibility index (Phi) is 9.43. The molecule has 0 heterocycles. The summed E-state index contributed by atoms with van der Waals surface area (Å²) in [4.78, 5) is 0. The molecule has 0 aromatic rings. The third-order valence-corrected chi connectivity index (χ3v) is 9.13. The van der Waals surface area contributed by atoms with Crippen LogP contribution in [-0.4, -0.2) is 27.7 Å². The molecule has 0 aromatic heterocycles. The van der Waals surface area contributed by atoms with E-state index in [0.717, 1.165) is 50.3 Å². The van der Waals surface area contributed by atoms with Gasteiger partial charge in [0.1, 0.15) is 0 Å². The Balaban J connectivity index is 2.85. The molecule has 2 atom stereocenters. The highest BCUT2D eigenvalue weighted by Gasteiger charge is 2.48. The van der Waals surface area contributed by atoms with Gasteiger partial charge in [0.05, 0.1) is 0 Å². The minimum absolute atomic E-state index is 0.664. The maximum atomic E-state index is 6.45. The van der Waals surface area contributed by atoms with E-state index in [-0.39, 0.29) is 0 Å². The lowest BCUT2D eigenvalue weighted by atomic mass is 9.90. The van der Waals surface area contributed by atoms with Crippen molar-refractivity contribution < 1.29 is 8.85 Å². The Morgan fingerprint density at radius 2 is 1.65 bits per heavy atom. The lowest BCUT2D eigenvalue weighted by molar-refractivity contribution is 0.140. The largest absolute Gasteiger partial charge is 0.394 e. The number of rotatable bonds is 10. The van der Waals surface area contributed by atoms with Gasteiger partial charge < -0.3 is 8.85 Å². The summed E-state index contributed by atoms with van der Waals surface area (Å²) in [5.41, 5.74) is 0.664. The quantitative estimate of drug-likeness (QED) is 0.391. The highest BCUT2D eigenvalue weighted by molar-refractivity contribution is 6.69. The molecule has 4 heteroatoms. The number of halogens is 1. The Hall–Kier alpha value is 0.427. The summed E-state index contributed by atoms with van der Waals surface area (Å²) in [6, 6.07) is 1.07. The summed E-state index contributed by atoms with van der Waals surface area (Å²) in [6.07, 6.45) is 8.53. The molecule has 1 saturated carbocycles. The molecule has 1 aliphatic carbocycles. The molecular formula is C16H33ClO2Si. The minimum atomic E-state index is -2.11. The smallest absolute Gasteiger partial charge is 0.341 e. The number of alkyl halides is 1. The fourth-order valence-corrected chi connectivity index (χ4v) is 8.39. The van der Waals surface area contributed by atoms with Gasteiger partial charge in [-0.1, -0.05) is 40.0 Å². The first-order chi connectivity index (χ1) is 9.70. The minimum Gasteiger partial charge on any atom is -0.394 e. The van der Waals surface area contributed by atoms with Crippen LogP contribution >= 0.6 is 11.6 Å². The lowest BCUT2D eigenvalue weighted by Gasteiger charge is -2.42. The second-order valence-corrected chi connectivity index (χ2v) is 9.99. The third-order valence-electron chi connectivity index (χ3n) is 4.44. The van der Waals surface area contributed by atoms with Crippen molar-refractivity contribution in [1.82, 2.24) is 0 Å². The summed E-state index contributed by atoms with van der Waals surface area (Å²) in [5, 5.41) is 0. The van der Waals surface area contributed by atoms with Crippen molar-refractivity contribution >= 4 is 20.2 Å². The standard InChI is InChI=1S/C16H33ClO2Si/c1-4-12-18-20(14-8-11-17,19-13-5-2)16-10-7-6-9-15(16)3/h15-16H,4-14H2,1-3H3. The van der Waals surface area contributed by atoms with Gasteiger partial charge >= 0.3 is 8.56 Å². The van der Waals surface area contributed by atoms with E-state index >= 15 is 0 Å². The van der Waals surface area contributed by atoms with Crippen LogP contribution < -0.4 is 0 Å². The van der Waals surface area contributed by atoms with Crippen molar-refractivity contribution in [3.05, 3.63) is 0 Å². The maximum absolute atomic E-state index is 6.45. The van der Waals surface area contributed by atoms with Gasteiger partial charge in [0.2, 0.25) is 0 Å². The van der Waals surface area contributed by atoms with Gasteiger partial charge in [-0.2, -0.15) is 0 Å². The molecule has 120 valence electrons. The van der Waals surface area contributed by atoms with Crippen LogP contribution in [0, 0.1) is 5.92 Å². The molecule has 1 aliphatic rings. The van der Waals surface area contributed by atoms with E-state index in [1.807, 2.05) is 0 Å². The molecule has 0 aliphatic heterocycles. The summed E-state index contributed by atoms with van der Waals surface area (Å²) in [7, 11) is -2.11. The van der Waals surface area contributed by atoms with Crippen LogP contribution in [0.3, 0.4) is 0 Å². The van der Waals surface area contributed by atoms with Crippen molar-refractivity contribution in [2.75, 3.05) is 19.1 Å². The maximum Gasteiger partial charge on any atom is 0.341 e. The van der Waals surface area contributed by atoms with E-state index in [4.69, 9.17) is 20.5 Å². The van der Waals surface area contributed by atoms with Gasteiger partial charge in [-0.3, -0.25) is 0 Å². The fourth-order valence-electron chi connectivity index (χ4n) is 3.42. The van der Waals surface area contributed by atoms with Gasteiger partial charge in [0.25, 0.3) is 0 Å². The fraction of sp³-hybridized carbons (Fsp3) is 1.00. The predicted octanol–water partition coefficient (Wildman–Crippen LogP) is 5.49. The molecule has 2 unspecified atom stereocenters. The van der Waals surface area contributed by atoms with Gasteiger partial charge in [0.15, 0.2) is 0 Å². The van der Waals surface area contributed by atoms with E-state index < -0.39 is 8.56 Å². The van der Waals surface area contributed by atoms with E-state index in [0.29, 0.717) is 5.54 Å². The molecule has 0 spiro atoms. The molecule has 0 radical (unpaired) electrons. The number of hydrogen-bond donors (Lipinski definition) is 0. The van der Waals surface area contributed by atoms with Gasteiger partial charge in [-0.05, 0) is 37.6 Å². The average Bonchev–Trinajstić information content (AvgIpc) is 2.48. The number of hydrogen-bond acceptors (Lipinski definition) is 2. The molecule has 1 fully saturated rings. The normalized spacial score (nSPS) is 24.0. The first-order valence-electron chi connectivity index (χ1n) is 8.54. The molecule has 0 saturated heterocycles. The van der Waals surface area contributed by atoms with Crippen LogP contribution in [0.2, 0.25) is 11.6 Å². The van der Waals surface area contributed by atoms with E-state index in [1.165, 1.54) is 25.7 Å². The molecule has 2 nitrogen and oxygen atoms in total. The van der Waals surface area contributed by atoms with Crippen LogP contribution in [0.4, 0.5) is 0 Å². The second-order valence-electron chi connectivity index (χ2n) is 6.17. The molecule has 20 heavy (non-hydrogen) atoms. The van der Waals surface area contributed by atoms with Crippen molar-refractivity contribution in [2.45, 2.75) is 77.3 Å². The van der Waals surface area contributed by atoms with Gasteiger partial charge in [0, 0.05) is 24.6 Å². The van der Waals surface area contributed by atoms with Crippen molar-refractivity contribution in [2.24, 2.45) is 5.92 Å². The van der Waals surface area contributed by atoms with E-state index in [2.05, 4.69) is 20.8 Å². The molecular weight excluding hydrogens is 288 g/mol.